The molecule has 1 atom stereocenters. The number of carboxylic acid groups (broad SMARTS) is 1. The summed E-state index contributed by atoms with van der Waals surface area (Å²) < 4.78 is 0. The Balaban J connectivity index is 2.90. The fourth-order valence-electron chi connectivity index (χ4n) is 1.42. The average molecular weight is 249 g/mol. The Kier molecular flexibility index (Phi) is 4.48. The fourth-order valence-corrected chi connectivity index (χ4v) is 1.42. The maximum Gasteiger partial charge on any atom is 0.330 e. The molecule has 0 saturated carbocycles. The van der Waals surface area contributed by atoms with Crippen LogP contribution in [0.15, 0.2) is 30.3 Å². The Labute approximate surface area is 107 Å². The van der Waals surface area contributed by atoms with Gasteiger partial charge in [-0.2, -0.15) is 0 Å². The molecule has 0 fully saturated rings. The zero-order valence-corrected chi connectivity index (χ0v) is 10.9. The molecule has 1 aromatic carbocycles. The molecular weight excluding hydrogens is 230 g/mol. The van der Waals surface area contributed by atoms with Crippen LogP contribution < -0.4 is 5.32 Å². The van der Waals surface area contributed by atoms with E-state index in [-0.39, 0.29) is 5.91 Å². The van der Waals surface area contributed by atoms with E-state index in [9.17, 15) is 14.7 Å². The summed E-state index contributed by atoms with van der Waals surface area (Å²) in [5, 5.41) is 11.8. The highest BCUT2D eigenvalue weighted by atomic mass is 16.4. The van der Waals surface area contributed by atoms with E-state index in [1.54, 1.807) is 44.2 Å². The number of aliphatic carboxylic acids is 1. The first-order valence-corrected chi connectivity index (χ1v) is 5.97. The molecule has 0 bridgehead atoms. The molecule has 4 nitrogen and oxygen atoms in total. The van der Waals surface area contributed by atoms with Crippen molar-refractivity contribution in [3.8, 4) is 0 Å². The zero-order chi connectivity index (χ0) is 13.8. The molecule has 2 N–H and O–H groups in total. The van der Waals surface area contributed by atoms with Crippen molar-refractivity contribution in [2.24, 2.45) is 5.41 Å². The van der Waals surface area contributed by atoms with Gasteiger partial charge in [-0.15, -0.1) is 0 Å². The summed E-state index contributed by atoms with van der Waals surface area (Å²) in [6, 6.07) is 7.70. The highest BCUT2D eigenvalue weighted by molar-refractivity contribution is 5.87. The molecule has 0 saturated heterocycles. The smallest absolute Gasteiger partial charge is 0.330 e. The van der Waals surface area contributed by atoms with Gasteiger partial charge in [0.15, 0.2) is 6.04 Å². The molecule has 0 aromatic heterocycles. The second-order valence-electron chi connectivity index (χ2n) is 4.89. The van der Waals surface area contributed by atoms with Gasteiger partial charge in [-0.3, -0.25) is 4.79 Å². The van der Waals surface area contributed by atoms with Gasteiger partial charge in [-0.25, -0.2) is 4.79 Å². The van der Waals surface area contributed by atoms with Gasteiger partial charge >= 0.3 is 5.97 Å². The molecule has 0 heterocycles. The Morgan fingerprint density at radius 1 is 1.28 bits per heavy atom. The van der Waals surface area contributed by atoms with Crippen molar-refractivity contribution in [2.45, 2.75) is 33.2 Å². The summed E-state index contributed by atoms with van der Waals surface area (Å²) >= 11 is 0. The van der Waals surface area contributed by atoms with Crippen molar-refractivity contribution in [3.05, 3.63) is 35.9 Å². The SMILES string of the molecule is CCC(C)(C)C(=O)NC(C(=O)O)c1ccccc1. The number of benzene rings is 1. The molecule has 0 aliphatic heterocycles. The lowest BCUT2D eigenvalue weighted by atomic mass is 9.88. The van der Waals surface area contributed by atoms with Crippen LogP contribution in [0.2, 0.25) is 0 Å². The van der Waals surface area contributed by atoms with Crippen LogP contribution in [-0.4, -0.2) is 17.0 Å². The van der Waals surface area contributed by atoms with E-state index >= 15 is 0 Å². The zero-order valence-electron chi connectivity index (χ0n) is 10.9. The molecule has 98 valence electrons. The van der Waals surface area contributed by atoms with Crippen molar-refractivity contribution in [1.82, 2.24) is 5.32 Å². The summed E-state index contributed by atoms with van der Waals surface area (Å²) in [7, 11) is 0. The van der Waals surface area contributed by atoms with Gasteiger partial charge < -0.3 is 10.4 Å². The third-order valence-corrected chi connectivity index (χ3v) is 3.15. The maximum absolute atomic E-state index is 12.0. The van der Waals surface area contributed by atoms with E-state index in [0.29, 0.717) is 12.0 Å². The summed E-state index contributed by atoms with van der Waals surface area (Å²) in [5.74, 6) is -1.30. The highest BCUT2D eigenvalue weighted by Gasteiger charge is 2.30. The van der Waals surface area contributed by atoms with Crippen LogP contribution >= 0.6 is 0 Å². The van der Waals surface area contributed by atoms with Gasteiger partial charge in [-0.05, 0) is 12.0 Å². The minimum atomic E-state index is -1.05. The van der Waals surface area contributed by atoms with E-state index in [2.05, 4.69) is 5.32 Å². The predicted octanol–water partition coefficient (Wildman–Crippen LogP) is 2.36. The summed E-state index contributed by atoms with van der Waals surface area (Å²) in [5.41, 5.74) is 0.00732. The molecule has 0 aliphatic rings. The van der Waals surface area contributed by atoms with Crippen LogP contribution in [-0.2, 0) is 9.59 Å². The van der Waals surface area contributed by atoms with Crippen molar-refractivity contribution in [3.63, 3.8) is 0 Å². The number of hydrogen-bond donors (Lipinski definition) is 2. The van der Waals surface area contributed by atoms with Gasteiger partial charge in [0.1, 0.15) is 0 Å². The molecule has 1 aromatic rings. The Hall–Kier alpha value is -1.84. The standard InChI is InChI=1S/C14H19NO3/c1-4-14(2,3)13(18)15-11(12(16)17)10-8-6-5-7-9-10/h5-9,11H,4H2,1-3H3,(H,15,18)(H,16,17). The fraction of sp³-hybridized carbons (Fsp3) is 0.429. The first-order valence-electron chi connectivity index (χ1n) is 5.97. The summed E-state index contributed by atoms with van der Waals surface area (Å²) in [6.45, 7) is 5.50. The van der Waals surface area contributed by atoms with Gasteiger partial charge in [0, 0.05) is 5.41 Å². The second kappa shape index (κ2) is 5.67. The number of hydrogen-bond acceptors (Lipinski definition) is 2. The molecule has 0 spiro atoms. The monoisotopic (exact) mass is 249 g/mol. The number of amides is 1. The minimum absolute atomic E-state index is 0.249. The lowest BCUT2D eigenvalue weighted by Gasteiger charge is -2.24. The molecule has 1 unspecified atom stereocenters. The van der Waals surface area contributed by atoms with E-state index in [1.165, 1.54) is 0 Å². The Bertz CT molecular complexity index is 426. The minimum Gasteiger partial charge on any atom is -0.479 e. The number of carboxylic acids is 1. The number of carbonyl (C=O) groups is 2. The third-order valence-electron chi connectivity index (χ3n) is 3.15. The number of nitrogens with one attached hydrogen (secondary N) is 1. The molecule has 0 radical (unpaired) electrons. The van der Waals surface area contributed by atoms with Gasteiger partial charge in [0.25, 0.3) is 0 Å². The van der Waals surface area contributed by atoms with Gasteiger partial charge in [0.2, 0.25) is 5.91 Å². The van der Waals surface area contributed by atoms with Crippen molar-refractivity contribution in [1.29, 1.82) is 0 Å². The number of rotatable bonds is 5. The molecule has 1 amide bonds. The average Bonchev–Trinajstić information content (AvgIpc) is 2.36. The lowest BCUT2D eigenvalue weighted by molar-refractivity contribution is -0.143. The van der Waals surface area contributed by atoms with Crippen LogP contribution in [0.5, 0.6) is 0 Å². The molecule has 0 aliphatic carbocycles. The van der Waals surface area contributed by atoms with Crippen LogP contribution in [0.1, 0.15) is 38.8 Å². The number of carbonyl (C=O) groups excluding carboxylic acids is 1. The van der Waals surface area contributed by atoms with E-state index in [4.69, 9.17) is 0 Å². The predicted molar refractivity (Wildman–Crippen MR) is 69.0 cm³/mol. The normalized spacial score (nSPS) is 12.8. The summed E-state index contributed by atoms with van der Waals surface area (Å²) in [6.07, 6.45) is 0.653. The Morgan fingerprint density at radius 3 is 2.28 bits per heavy atom. The quantitative estimate of drug-likeness (QED) is 0.841. The van der Waals surface area contributed by atoms with Crippen LogP contribution in [0.4, 0.5) is 0 Å². The Morgan fingerprint density at radius 2 is 1.83 bits per heavy atom. The largest absolute Gasteiger partial charge is 0.479 e. The maximum atomic E-state index is 12.0. The first-order chi connectivity index (χ1) is 8.38. The molecule has 4 heteroatoms. The van der Waals surface area contributed by atoms with Crippen molar-refractivity contribution >= 4 is 11.9 Å². The van der Waals surface area contributed by atoms with Gasteiger partial charge in [0.05, 0.1) is 0 Å². The van der Waals surface area contributed by atoms with Crippen molar-refractivity contribution in [2.75, 3.05) is 0 Å². The van der Waals surface area contributed by atoms with Gasteiger partial charge in [-0.1, -0.05) is 51.1 Å². The lowest BCUT2D eigenvalue weighted by Crippen LogP contribution is -2.41. The first kappa shape index (κ1) is 14.2. The van der Waals surface area contributed by atoms with E-state index in [0.717, 1.165) is 0 Å². The van der Waals surface area contributed by atoms with Crippen LogP contribution in [0.25, 0.3) is 0 Å². The highest BCUT2D eigenvalue weighted by Crippen LogP contribution is 2.22. The summed E-state index contributed by atoms with van der Waals surface area (Å²) in [4.78, 5) is 23.2. The molecule has 1 rings (SSSR count). The van der Waals surface area contributed by atoms with Crippen LogP contribution in [0, 0.1) is 5.41 Å². The van der Waals surface area contributed by atoms with E-state index < -0.39 is 17.4 Å². The molecular formula is C14H19NO3. The second-order valence-corrected chi connectivity index (χ2v) is 4.89. The van der Waals surface area contributed by atoms with E-state index in [1.807, 2.05) is 6.92 Å². The van der Waals surface area contributed by atoms with Crippen molar-refractivity contribution < 1.29 is 14.7 Å². The third kappa shape index (κ3) is 3.32. The topological polar surface area (TPSA) is 66.4 Å². The molecule has 18 heavy (non-hydrogen) atoms. The van der Waals surface area contributed by atoms with Crippen LogP contribution in [0.3, 0.4) is 0 Å².